The lowest BCUT2D eigenvalue weighted by Crippen LogP contribution is -2.52. The first-order chi connectivity index (χ1) is 10.4. The standard InChI is InChI=1S/C15H17BrClNO4/c1-22-9-15(14(20)21)5-2-6-18(8-15)13(19)11-7-10(17)3-4-12(11)16/h3-4,7H,2,5-6,8-9H2,1H3,(H,20,21). The summed E-state index contributed by atoms with van der Waals surface area (Å²) in [5.41, 5.74) is -0.612. The zero-order chi connectivity index (χ0) is 16.3. The molecule has 0 radical (unpaired) electrons. The molecule has 22 heavy (non-hydrogen) atoms. The molecule has 7 heteroatoms. The molecule has 1 amide bonds. The molecule has 0 spiro atoms. The van der Waals surface area contributed by atoms with E-state index in [1.54, 1.807) is 23.1 Å². The molecule has 1 aromatic carbocycles. The molecule has 1 unspecified atom stereocenters. The van der Waals surface area contributed by atoms with Crippen molar-refractivity contribution in [1.82, 2.24) is 4.90 Å². The van der Waals surface area contributed by atoms with E-state index >= 15 is 0 Å². The Morgan fingerprint density at radius 3 is 2.86 bits per heavy atom. The van der Waals surface area contributed by atoms with Gasteiger partial charge in [0.05, 0.1) is 12.2 Å². The van der Waals surface area contributed by atoms with E-state index in [1.165, 1.54) is 7.11 Å². The number of carbonyl (C=O) groups excluding carboxylic acids is 1. The third-order valence-corrected chi connectivity index (χ3v) is 4.82. The highest BCUT2D eigenvalue weighted by molar-refractivity contribution is 9.10. The summed E-state index contributed by atoms with van der Waals surface area (Å²) in [6.45, 7) is 0.743. The lowest BCUT2D eigenvalue weighted by molar-refractivity contribution is -0.155. The van der Waals surface area contributed by atoms with Gasteiger partial charge in [-0.25, -0.2) is 0 Å². The smallest absolute Gasteiger partial charge is 0.313 e. The van der Waals surface area contributed by atoms with Crippen LogP contribution in [0, 0.1) is 5.41 Å². The Balaban J connectivity index is 2.26. The largest absolute Gasteiger partial charge is 0.481 e. The molecular formula is C15H17BrClNO4. The van der Waals surface area contributed by atoms with E-state index in [2.05, 4.69) is 15.9 Å². The van der Waals surface area contributed by atoms with Gasteiger partial charge in [-0.1, -0.05) is 11.6 Å². The monoisotopic (exact) mass is 389 g/mol. The van der Waals surface area contributed by atoms with Crippen LogP contribution in [-0.4, -0.2) is 48.7 Å². The number of rotatable bonds is 4. The number of piperidine rings is 1. The molecule has 0 aliphatic carbocycles. The van der Waals surface area contributed by atoms with E-state index in [0.717, 1.165) is 0 Å². The number of aliphatic carboxylic acids is 1. The maximum atomic E-state index is 12.7. The van der Waals surface area contributed by atoms with Crippen molar-refractivity contribution in [2.45, 2.75) is 12.8 Å². The zero-order valence-corrected chi connectivity index (χ0v) is 14.5. The van der Waals surface area contributed by atoms with E-state index in [9.17, 15) is 14.7 Å². The number of benzene rings is 1. The number of methoxy groups -OCH3 is 1. The zero-order valence-electron chi connectivity index (χ0n) is 12.1. The molecule has 0 aromatic heterocycles. The SMILES string of the molecule is COCC1(C(=O)O)CCCN(C(=O)c2cc(Cl)ccc2Br)C1. The van der Waals surface area contributed by atoms with Gasteiger partial charge < -0.3 is 14.7 Å². The normalized spacial score (nSPS) is 21.7. The van der Waals surface area contributed by atoms with Crippen molar-refractivity contribution < 1.29 is 19.4 Å². The van der Waals surface area contributed by atoms with Crippen LogP contribution in [0.2, 0.25) is 5.02 Å². The molecule has 1 aliphatic rings. The molecule has 2 rings (SSSR count). The topological polar surface area (TPSA) is 66.8 Å². The van der Waals surface area contributed by atoms with E-state index < -0.39 is 11.4 Å². The maximum Gasteiger partial charge on any atom is 0.313 e. The first-order valence-electron chi connectivity index (χ1n) is 6.86. The van der Waals surface area contributed by atoms with E-state index in [1.807, 2.05) is 0 Å². The Bertz CT molecular complexity index is 591. The number of nitrogens with zero attached hydrogens (tertiary/aromatic N) is 1. The van der Waals surface area contributed by atoms with Crippen LogP contribution in [0.1, 0.15) is 23.2 Å². The van der Waals surface area contributed by atoms with E-state index in [-0.39, 0.29) is 19.1 Å². The third-order valence-electron chi connectivity index (χ3n) is 3.90. The van der Waals surface area contributed by atoms with Crippen LogP contribution in [0.15, 0.2) is 22.7 Å². The number of ether oxygens (including phenoxy) is 1. The van der Waals surface area contributed by atoms with Crippen molar-refractivity contribution in [3.05, 3.63) is 33.3 Å². The summed E-state index contributed by atoms with van der Waals surface area (Å²) in [6.07, 6.45) is 1.12. The molecule has 1 N–H and O–H groups in total. The first kappa shape index (κ1) is 17.2. The Kier molecular flexibility index (Phi) is 5.47. The van der Waals surface area contributed by atoms with Crippen molar-refractivity contribution in [2.75, 3.05) is 26.8 Å². The molecule has 1 aromatic rings. The van der Waals surface area contributed by atoms with Gasteiger partial charge in [0.15, 0.2) is 0 Å². The minimum Gasteiger partial charge on any atom is -0.481 e. The van der Waals surface area contributed by atoms with Crippen LogP contribution in [0.3, 0.4) is 0 Å². The number of halogens is 2. The quantitative estimate of drug-likeness (QED) is 0.858. The molecule has 5 nitrogen and oxygen atoms in total. The second kappa shape index (κ2) is 6.98. The average molecular weight is 391 g/mol. The summed E-state index contributed by atoms with van der Waals surface area (Å²) in [7, 11) is 1.47. The first-order valence-corrected chi connectivity index (χ1v) is 8.03. The predicted molar refractivity (Wildman–Crippen MR) is 86.2 cm³/mol. The molecule has 1 heterocycles. The highest BCUT2D eigenvalue weighted by Gasteiger charge is 2.44. The van der Waals surface area contributed by atoms with Crippen LogP contribution >= 0.6 is 27.5 Å². The van der Waals surface area contributed by atoms with Gasteiger partial charge in [0.25, 0.3) is 5.91 Å². The van der Waals surface area contributed by atoms with Crippen LogP contribution < -0.4 is 0 Å². The van der Waals surface area contributed by atoms with Crippen LogP contribution in [0.25, 0.3) is 0 Å². The van der Waals surface area contributed by atoms with Crippen molar-refractivity contribution >= 4 is 39.4 Å². The Morgan fingerprint density at radius 2 is 2.23 bits per heavy atom. The summed E-state index contributed by atoms with van der Waals surface area (Å²) >= 11 is 9.29. The Labute approximate surface area is 142 Å². The fourth-order valence-corrected chi connectivity index (χ4v) is 3.36. The molecular weight excluding hydrogens is 374 g/mol. The summed E-state index contributed by atoms with van der Waals surface area (Å²) < 4.78 is 5.71. The lowest BCUT2D eigenvalue weighted by atomic mass is 9.80. The Morgan fingerprint density at radius 1 is 1.50 bits per heavy atom. The van der Waals surface area contributed by atoms with Gasteiger partial charge in [0.2, 0.25) is 0 Å². The minimum absolute atomic E-state index is 0.0861. The third kappa shape index (κ3) is 3.45. The van der Waals surface area contributed by atoms with Gasteiger partial charge in [-0.2, -0.15) is 0 Å². The van der Waals surface area contributed by atoms with Crippen LogP contribution in [0.5, 0.6) is 0 Å². The summed E-state index contributed by atoms with van der Waals surface area (Å²) in [4.78, 5) is 25.9. The number of amides is 1. The number of likely N-dealkylation sites (tertiary alicyclic amines) is 1. The molecule has 0 saturated carbocycles. The van der Waals surface area contributed by atoms with Gasteiger partial charge in [0.1, 0.15) is 5.41 Å². The van der Waals surface area contributed by atoms with Gasteiger partial charge in [-0.15, -0.1) is 0 Å². The van der Waals surface area contributed by atoms with Gasteiger partial charge in [-0.3, -0.25) is 9.59 Å². The van der Waals surface area contributed by atoms with Gasteiger partial charge in [0, 0.05) is 29.7 Å². The number of carbonyl (C=O) groups is 2. The van der Waals surface area contributed by atoms with Crippen LogP contribution in [-0.2, 0) is 9.53 Å². The molecule has 0 bridgehead atoms. The molecule has 1 fully saturated rings. The summed E-state index contributed by atoms with van der Waals surface area (Å²) in [5, 5.41) is 10.0. The van der Waals surface area contributed by atoms with Crippen molar-refractivity contribution in [1.29, 1.82) is 0 Å². The highest BCUT2D eigenvalue weighted by atomic mass is 79.9. The highest BCUT2D eigenvalue weighted by Crippen LogP contribution is 2.32. The number of carboxylic acids is 1. The maximum absolute atomic E-state index is 12.7. The lowest BCUT2D eigenvalue weighted by Gasteiger charge is -2.39. The van der Waals surface area contributed by atoms with Crippen molar-refractivity contribution in [2.24, 2.45) is 5.41 Å². The number of carboxylic acid groups (broad SMARTS) is 1. The molecule has 120 valence electrons. The van der Waals surface area contributed by atoms with Crippen LogP contribution in [0.4, 0.5) is 0 Å². The Hall–Kier alpha value is -1.11. The summed E-state index contributed by atoms with van der Waals surface area (Å²) in [6, 6.07) is 4.98. The summed E-state index contributed by atoms with van der Waals surface area (Å²) in [5.74, 6) is -1.16. The van der Waals surface area contributed by atoms with E-state index in [0.29, 0.717) is 34.4 Å². The van der Waals surface area contributed by atoms with Gasteiger partial charge in [-0.05, 0) is 47.0 Å². The van der Waals surface area contributed by atoms with Crippen molar-refractivity contribution in [3.63, 3.8) is 0 Å². The number of hydrogen-bond donors (Lipinski definition) is 1. The fourth-order valence-electron chi connectivity index (χ4n) is 2.77. The molecule has 1 aliphatic heterocycles. The van der Waals surface area contributed by atoms with Crippen molar-refractivity contribution in [3.8, 4) is 0 Å². The average Bonchev–Trinajstić information content (AvgIpc) is 2.49. The second-order valence-electron chi connectivity index (χ2n) is 5.47. The minimum atomic E-state index is -1.05. The van der Waals surface area contributed by atoms with E-state index in [4.69, 9.17) is 16.3 Å². The molecule has 1 atom stereocenters. The number of hydrogen-bond acceptors (Lipinski definition) is 3. The fraction of sp³-hybridized carbons (Fsp3) is 0.467. The second-order valence-corrected chi connectivity index (χ2v) is 6.76. The molecule has 1 saturated heterocycles. The van der Waals surface area contributed by atoms with Gasteiger partial charge >= 0.3 is 5.97 Å². The predicted octanol–water partition coefficient (Wildman–Crippen LogP) is 3.06.